The van der Waals surface area contributed by atoms with Crippen molar-refractivity contribution in [1.29, 1.82) is 0 Å². The number of ether oxygens (including phenoxy) is 1. The summed E-state index contributed by atoms with van der Waals surface area (Å²) in [6.45, 7) is 5.68. The minimum atomic E-state index is -0.285. The summed E-state index contributed by atoms with van der Waals surface area (Å²) in [6, 6.07) is 16.7. The Morgan fingerprint density at radius 3 is 2.39 bits per heavy atom. The van der Waals surface area contributed by atoms with Crippen LogP contribution >= 0.6 is 34.8 Å². The van der Waals surface area contributed by atoms with Crippen molar-refractivity contribution in [2.75, 3.05) is 49.6 Å². The third-order valence-electron chi connectivity index (χ3n) is 6.50. The number of benzene rings is 3. The van der Waals surface area contributed by atoms with Crippen molar-refractivity contribution < 1.29 is 9.53 Å². The van der Waals surface area contributed by atoms with Gasteiger partial charge in [-0.1, -0.05) is 59.1 Å². The minimum Gasteiger partial charge on any atom is -0.385 e. The van der Waals surface area contributed by atoms with Crippen LogP contribution in [0.2, 0.25) is 15.1 Å². The summed E-state index contributed by atoms with van der Waals surface area (Å²) in [5.74, 6) is 0. The molecule has 36 heavy (non-hydrogen) atoms. The van der Waals surface area contributed by atoms with E-state index in [-0.39, 0.29) is 6.03 Å². The summed E-state index contributed by atoms with van der Waals surface area (Å²) < 4.78 is 5.44. The predicted octanol–water partition coefficient (Wildman–Crippen LogP) is 6.81. The van der Waals surface area contributed by atoms with Gasteiger partial charge >= 0.3 is 6.03 Å². The van der Waals surface area contributed by atoms with E-state index in [9.17, 15) is 4.79 Å². The molecule has 6 nitrogen and oxygen atoms in total. The summed E-state index contributed by atoms with van der Waals surface area (Å²) in [5, 5.41) is 7.96. The second-order valence-electron chi connectivity index (χ2n) is 8.80. The van der Waals surface area contributed by atoms with Crippen molar-refractivity contribution in [2.24, 2.45) is 0 Å². The topological polar surface area (TPSA) is 56.8 Å². The van der Waals surface area contributed by atoms with Gasteiger partial charge < -0.3 is 15.4 Å². The standard InChI is InChI=1S/C27H27Cl3N4O2/c28-22-6-2-1-5-19(22)20-15-18(31-9-4-10-33-11-13-36-14-12-33)16-25-21(20)17-32-27(35)34(25)26-23(29)7-3-8-24(26)30/h1-3,5-8,15-16,31H,4,9-14,17H2,(H,32,35). The van der Waals surface area contributed by atoms with Gasteiger partial charge in [0.2, 0.25) is 0 Å². The molecule has 2 N–H and O–H groups in total. The molecule has 9 heteroatoms. The number of carbonyl (C=O) groups is 1. The number of carbonyl (C=O) groups excluding carboxylic acids is 1. The lowest BCUT2D eigenvalue weighted by atomic mass is 9.95. The van der Waals surface area contributed by atoms with Crippen molar-refractivity contribution in [3.05, 3.63) is 75.2 Å². The van der Waals surface area contributed by atoms with Gasteiger partial charge in [0.15, 0.2) is 0 Å². The lowest BCUT2D eigenvalue weighted by Crippen LogP contribution is -2.41. The van der Waals surface area contributed by atoms with E-state index < -0.39 is 0 Å². The molecule has 3 aromatic carbocycles. The number of morpholine rings is 1. The van der Waals surface area contributed by atoms with E-state index in [1.807, 2.05) is 30.3 Å². The number of rotatable bonds is 7. The fourth-order valence-corrected chi connectivity index (χ4v) is 5.51. The van der Waals surface area contributed by atoms with Crippen LogP contribution in [0.25, 0.3) is 11.1 Å². The van der Waals surface area contributed by atoms with E-state index >= 15 is 0 Å². The fourth-order valence-electron chi connectivity index (χ4n) is 4.70. The minimum absolute atomic E-state index is 0.285. The number of hydrogen-bond donors (Lipinski definition) is 2. The Morgan fingerprint density at radius 2 is 1.64 bits per heavy atom. The van der Waals surface area contributed by atoms with E-state index in [0.29, 0.717) is 27.3 Å². The maximum Gasteiger partial charge on any atom is 0.326 e. The molecule has 188 valence electrons. The molecule has 5 rings (SSSR count). The largest absolute Gasteiger partial charge is 0.385 e. The Morgan fingerprint density at radius 1 is 0.917 bits per heavy atom. The Bertz CT molecular complexity index is 1240. The molecule has 0 aromatic heterocycles. The van der Waals surface area contributed by atoms with Gasteiger partial charge in [-0.15, -0.1) is 0 Å². The van der Waals surface area contributed by atoms with Gasteiger partial charge in [-0.05, 0) is 48.9 Å². The maximum atomic E-state index is 13.2. The summed E-state index contributed by atoms with van der Waals surface area (Å²) in [4.78, 5) is 17.1. The zero-order chi connectivity index (χ0) is 25.1. The molecule has 0 radical (unpaired) electrons. The molecular formula is C27H27Cl3N4O2. The second kappa shape index (κ2) is 11.3. The van der Waals surface area contributed by atoms with E-state index in [2.05, 4.69) is 21.6 Å². The van der Waals surface area contributed by atoms with E-state index in [1.165, 1.54) is 0 Å². The van der Waals surface area contributed by atoms with Gasteiger partial charge in [0, 0.05) is 48.0 Å². The SMILES string of the molecule is O=C1NCc2c(-c3ccccc3Cl)cc(NCCCN3CCOCC3)cc2N1c1c(Cl)cccc1Cl. The second-order valence-corrected chi connectivity index (χ2v) is 10.0. The molecule has 0 aliphatic carbocycles. The van der Waals surface area contributed by atoms with Crippen molar-refractivity contribution in [2.45, 2.75) is 13.0 Å². The number of hydrogen-bond acceptors (Lipinski definition) is 4. The first-order valence-corrected chi connectivity index (χ1v) is 13.1. The molecule has 3 aromatic rings. The average Bonchev–Trinajstić information content (AvgIpc) is 2.88. The lowest BCUT2D eigenvalue weighted by Gasteiger charge is -2.33. The van der Waals surface area contributed by atoms with Crippen LogP contribution in [0.15, 0.2) is 54.6 Å². The molecule has 1 saturated heterocycles. The summed E-state index contributed by atoms with van der Waals surface area (Å²) in [5.41, 5.74) is 4.86. The number of para-hydroxylation sites is 1. The molecule has 2 aliphatic heterocycles. The monoisotopic (exact) mass is 544 g/mol. The highest BCUT2D eigenvalue weighted by Gasteiger charge is 2.31. The third kappa shape index (κ3) is 5.29. The van der Waals surface area contributed by atoms with Crippen LogP contribution in [0, 0.1) is 0 Å². The van der Waals surface area contributed by atoms with Gasteiger partial charge in [-0.3, -0.25) is 9.80 Å². The van der Waals surface area contributed by atoms with E-state index in [0.717, 1.165) is 73.9 Å². The summed E-state index contributed by atoms with van der Waals surface area (Å²) >= 11 is 19.7. The van der Waals surface area contributed by atoms with Crippen molar-refractivity contribution >= 4 is 57.9 Å². The first-order chi connectivity index (χ1) is 17.5. The molecule has 2 heterocycles. The number of anilines is 3. The van der Waals surface area contributed by atoms with Crippen LogP contribution in [0.5, 0.6) is 0 Å². The van der Waals surface area contributed by atoms with Gasteiger partial charge in [-0.25, -0.2) is 4.79 Å². The molecule has 2 amide bonds. The molecule has 2 aliphatic rings. The van der Waals surface area contributed by atoms with Gasteiger partial charge in [0.05, 0.1) is 34.6 Å². The summed E-state index contributed by atoms with van der Waals surface area (Å²) in [7, 11) is 0. The zero-order valence-corrected chi connectivity index (χ0v) is 22.0. The highest BCUT2D eigenvalue weighted by molar-refractivity contribution is 6.40. The van der Waals surface area contributed by atoms with Crippen molar-refractivity contribution in [3.63, 3.8) is 0 Å². The predicted molar refractivity (Wildman–Crippen MR) is 148 cm³/mol. The normalized spacial score (nSPS) is 16.0. The van der Waals surface area contributed by atoms with Crippen LogP contribution in [-0.2, 0) is 11.3 Å². The average molecular weight is 546 g/mol. The first-order valence-electron chi connectivity index (χ1n) is 12.0. The number of nitrogens with one attached hydrogen (secondary N) is 2. The van der Waals surface area contributed by atoms with Gasteiger partial charge in [0.1, 0.15) is 0 Å². The van der Waals surface area contributed by atoms with Crippen LogP contribution in [0.4, 0.5) is 21.9 Å². The highest BCUT2D eigenvalue weighted by Crippen LogP contribution is 2.45. The molecule has 1 fully saturated rings. The molecule has 0 unspecified atom stereocenters. The smallest absolute Gasteiger partial charge is 0.326 e. The first kappa shape index (κ1) is 25.2. The quantitative estimate of drug-likeness (QED) is 0.320. The van der Waals surface area contributed by atoms with Gasteiger partial charge in [-0.2, -0.15) is 0 Å². The molecule has 0 bridgehead atoms. The van der Waals surface area contributed by atoms with Crippen LogP contribution in [0.3, 0.4) is 0 Å². The highest BCUT2D eigenvalue weighted by atomic mass is 35.5. The Kier molecular flexibility index (Phi) is 7.89. The lowest BCUT2D eigenvalue weighted by molar-refractivity contribution is 0.0378. The number of fused-ring (bicyclic) bond motifs is 1. The molecular weight excluding hydrogens is 519 g/mol. The number of nitrogens with zero attached hydrogens (tertiary/aromatic N) is 2. The Hall–Kier alpha value is -2.48. The van der Waals surface area contributed by atoms with Crippen LogP contribution < -0.4 is 15.5 Å². The van der Waals surface area contributed by atoms with Crippen LogP contribution in [0.1, 0.15) is 12.0 Å². The van der Waals surface area contributed by atoms with Crippen molar-refractivity contribution in [1.82, 2.24) is 10.2 Å². The number of amides is 2. The third-order valence-corrected chi connectivity index (χ3v) is 7.44. The van der Waals surface area contributed by atoms with Crippen LogP contribution in [-0.4, -0.2) is 50.3 Å². The molecule has 0 spiro atoms. The molecule has 0 saturated carbocycles. The van der Waals surface area contributed by atoms with Gasteiger partial charge in [0.25, 0.3) is 0 Å². The summed E-state index contributed by atoms with van der Waals surface area (Å²) in [6.07, 6.45) is 0.985. The fraction of sp³-hybridized carbons (Fsp3) is 0.296. The Labute approximate surface area is 226 Å². The number of halogens is 3. The van der Waals surface area contributed by atoms with E-state index in [4.69, 9.17) is 39.5 Å². The maximum absolute atomic E-state index is 13.2. The molecule has 0 atom stereocenters. The number of urea groups is 1. The zero-order valence-electron chi connectivity index (χ0n) is 19.7. The Balaban J connectivity index is 1.52. The van der Waals surface area contributed by atoms with E-state index in [1.54, 1.807) is 23.1 Å². The van der Waals surface area contributed by atoms with Crippen molar-refractivity contribution in [3.8, 4) is 11.1 Å².